The number of anilines is 2. The largest absolute Gasteiger partial charge is 0.389 e. The Bertz CT molecular complexity index is 1150. The van der Waals surface area contributed by atoms with Crippen molar-refractivity contribution in [3.05, 3.63) is 42.5 Å². The summed E-state index contributed by atoms with van der Waals surface area (Å²) in [5.41, 5.74) is 0.435. The van der Waals surface area contributed by atoms with Crippen molar-refractivity contribution >= 4 is 48.4 Å². The summed E-state index contributed by atoms with van der Waals surface area (Å²) >= 11 is 1.24. The number of hydrogen-bond acceptors (Lipinski definition) is 8. The fourth-order valence-corrected chi connectivity index (χ4v) is 4.28. The normalized spacial score (nSPS) is 12.0. The van der Waals surface area contributed by atoms with Gasteiger partial charge in [0.05, 0.1) is 15.8 Å². The molecule has 0 bridgehead atoms. The molecule has 1 aromatic heterocycles. The summed E-state index contributed by atoms with van der Waals surface area (Å²) in [5, 5.41) is 15.9. The SMILES string of the molecule is CCC(=O)Nc1nc2ccc(OS(=O)(=O)c3ccc(NCC(C)(C)O)cc3)cc2s1. The highest BCUT2D eigenvalue weighted by Gasteiger charge is 2.18. The zero-order valence-corrected chi connectivity index (χ0v) is 18.4. The lowest BCUT2D eigenvalue weighted by molar-refractivity contribution is -0.115. The Morgan fingerprint density at radius 1 is 1.20 bits per heavy atom. The third-order valence-electron chi connectivity index (χ3n) is 4.00. The number of hydrogen-bond donors (Lipinski definition) is 3. The molecule has 0 radical (unpaired) electrons. The van der Waals surface area contributed by atoms with Crippen molar-refractivity contribution < 1.29 is 22.5 Å². The minimum atomic E-state index is -4.02. The Hall–Kier alpha value is -2.69. The standard InChI is InChI=1S/C20H23N3O5S2/c1-4-18(24)23-19-22-16-10-7-14(11-17(16)29-19)28-30(26,27)15-8-5-13(6-9-15)21-12-20(2,3)25/h5-11,21,25H,4,12H2,1-3H3,(H,22,23,24). The fraction of sp³-hybridized carbons (Fsp3) is 0.300. The number of thiazole rings is 1. The van der Waals surface area contributed by atoms with Crippen molar-refractivity contribution in [3.63, 3.8) is 0 Å². The van der Waals surface area contributed by atoms with Crippen molar-refractivity contribution in [3.8, 4) is 5.75 Å². The van der Waals surface area contributed by atoms with Crippen LogP contribution in [0, 0.1) is 0 Å². The predicted octanol–water partition coefficient (Wildman–Crippen LogP) is 3.60. The third-order valence-corrected chi connectivity index (χ3v) is 6.20. The number of amides is 1. The molecule has 0 aliphatic rings. The Balaban J connectivity index is 1.74. The van der Waals surface area contributed by atoms with Gasteiger partial charge in [-0.05, 0) is 50.2 Å². The number of rotatable bonds is 8. The minimum absolute atomic E-state index is 0.0107. The van der Waals surface area contributed by atoms with Crippen LogP contribution in [-0.4, -0.2) is 36.6 Å². The second-order valence-electron chi connectivity index (χ2n) is 7.28. The van der Waals surface area contributed by atoms with Crippen LogP contribution in [0.4, 0.5) is 10.8 Å². The summed E-state index contributed by atoms with van der Waals surface area (Å²) in [6, 6.07) is 10.8. The zero-order valence-electron chi connectivity index (χ0n) is 16.8. The lowest BCUT2D eigenvalue weighted by atomic mass is 10.1. The van der Waals surface area contributed by atoms with Crippen molar-refractivity contribution in [1.29, 1.82) is 0 Å². The van der Waals surface area contributed by atoms with E-state index in [1.165, 1.54) is 29.5 Å². The summed E-state index contributed by atoms with van der Waals surface area (Å²) in [5.74, 6) is 0.0114. The van der Waals surface area contributed by atoms with Gasteiger partial charge in [-0.25, -0.2) is 4.98 Å². The number of aliphatic hydroxyl groups is 1. The van der Waals surface area contributed by atoms with Gasteiger partial charge in [-0.2, -0.15) is 8.42 Å². The molecule has 1 amide bonds. The summed E-state index contributed by atoms with van der Waals surface area (Å²) < 4.78 is 31.2. The van der Waals surface area contributed by atoms with E-state index in [1.807, 2.05) is 0 Å². The van der Waals surface area contributed by atoms with Crippen LogP contribution >= 0.6 is 11.3 Å². The third kappa shape index (κ3) is 5.68. The van der Waals surface area contributed by atoms with Gasteiger partial charge in [0.1, 0.15) is 10.6 Å². The van der Waals surface area contributed by atoms with Crippen molar-refractivity contribution in [2.45, 2.75) is 37.7 Å². The van der Waals surface area contributed by atoms with E-state index in [0.717, 1.165) is 0 Å². The molecule has 160 valence electrons. The van der Waals surface area contributed by atoms with Gasteiger partial charge in [-0.15, -0.1) is 0 Å². The quantitative estimate of drug-likeness (QED) is 0.450. The van der Waals surface area contributed by atoms with Crippen LogP contribution < -0.4 is 14.8 Å². The molecule has 0 spiro atoms. The molecule has 30 heavy (non-hydrogen) atoms. The summed E-state index contributed by atoms with van der Waals surface area (Å²) in [4.78, 5) is 15.8. The van der Waals surface area contributed by atoms with Gasteiger partial charge in [0.2, 0.25) is 5.91 Å². The zero-order chi connectivity index (χ0) is 21.9. The van der Waals surface area contributed by atoms with E-state index in [1.54, 1.807) is 45.0 Å². The smallest absolute Gasteiger partial charge is 0.339 e. The number of benzene rings is 2. The van der Waals surface area contributed by atoms with Crippen LogP contribution in [0.2, 0.25) is 0 Å². The average Bonchev–Trinajstić information content (AvgIpc) is 3.07. The van der Waals surface area contributed by atoms with Crippen LogP contribution in [0.25, 0.3) is 10.2 Å². The average molecular weight is 450 g/mol. The van der Waals surface area contributed by atoms with Gasteiger partial charge in [0.15, 0.2) is 5.13 Å². The molecule has 0 saturated heterocycles. The molecule has 8 nitrogen and oxygen atoms in total. The summed E-state index contributed by atoms with van der Waals surface area (Å²) in [7, 11) is -4.02. The maximum absolute atomic E-state index is 12.6. The molecule has 0 aliphatic carbocycles. The van der Waals surface area contributed by atoms with E-state index in [9.17, 15) is 18.3 Å². The number of carbonyl (C=O) groups is 1. The van der Waals surface area contributed by atoms with Crippen LogP contribution in [0.3, 0.4) is 0 Å². The van der Waals surface area contributed by atoms with Crippen molar-refractivity contribution in [2.24, 2.45) is 0 Å². The lowest BCUT2D eigenvalue weighted by Gasteiger charge is -2.18. The van der Waals surface area contributed by atoms with Gasteiger partial charge >= 0.3 is 10.1 Å². The first kappa shape index (κ1) is 22.0. The molecule has 0 saturated carbocycles. The van der Waals surface area contributed by atoms with E-state index in [-0.39, 0.29) is 16.6 Å². The molecular formula is C20H23N3O5S2. The maximum atomic E-state index is 12.6. The second kappa shape index (κ2) is 8.58. The van der Waals surface area contributed by atoms with E-state index in [2.05, 4.69) is 15.6 Å². The van der Waals surface area contributed by atoms with Crippen molar-refractivity contribution in [2.75, 3.05) is 17.2 Å². The molecule has 10 heteroatoms. The molecule has 3 aromatic rings. The fourth-order valence-electron chi connectivity index (χ4n) is 2.45. The number of aromatic nitrogens is 1. The topological polar surface area (TPSA) is 118 Å². The Kier molecular flexibility index (Phi) is 6.30. The number of carbonyl (C=O) groups excluding carboxylic acids is 1. The Labute approximate surface area is 179 Å². The number of nitrogens with zero attached hydrogens (tertiary/aromatic N) is 1. The molecule has 0 fully saturated rings. The van der Waals surface area contributed by atoms with E-state index >= 15 is 0 Å². The van der Waals surface area contributed by atoms with Gasteiger partial charge in [0, 0.05) is 24.7 Å². The first-order valence-corrected chi connectivity index (χ1v) is 11.5. The minimum Gasteiger partial charge on any atom is -0.389 e. The number of nitrogens with one attached hydrogen (secondary N) is 2. The van der Waals surface area contributed by atoms with Gasteiger partial charge < -0.3 is 19.9 Å². The maximum Gasteiger partial charge on any atom is 0.339 e. The Morgan fingerprint density at radius 3 is 2.53 bits per heavy atom. The summed E-state index contributed by atoms with van der Waals surface area (Å²) in [6.07, 6.45) is 0.342. The lowest BCUT2D eigenvalue weighted by Crippen LogP contribution is -2.29. The van der Waals surface area contributed by atoms with E-state index in [4.69, 9.17) is 4.18 Å². The molecule has 3 rings (SSSR count). The Morgan fingerprint density at radius 2 is 1.90 bits per heavy atom. The molecule has 2 aromatic carbocycles. The highest BCUT2D eigenvalue weighted by molar-refractivity contribution is 7.87. The van der Waals surface area contributed by atoms with Crippen molar-refractivity contribution in [1.82, 2.24) is 4.98 Å². The van der Waals surface area contributed by atoms with Crippen LogP contribution in [0.5, 0.6) is 5.75 Å². The highest BCUT2D eigenvalue weighted by atomic mass is 32.2. The van der Waals surface area contributed by atoms with Gasteiger partial charge in [-0.1, -0.05) is 18.3 Å². The van der Waals surface area contributed by atoms with Gasteiger partial charge in [-0.3, -0.25) is 4.79 Å². The highest BCUT2D eigenvalue weighted by Crippen LogP contribution is 2.30. The molecule has 1 heterocycles. The molecule has 3 N–H and O–H groups in total. The second-order valence-corrected chi connectivity index (χ2v) is 9.86. The molecule has 0 unspecified atom stereocenters. The van der Waals surface area contributed by atoms with Gasteiger partial charge in [0.25, 0.3) is 0 Å². The van der Waals surface area contributed by atoms with Crippen LogP contribution in [0.15, 0.2) is 47.4 Å². The molecular weight excluding hydrogens is 426 g/mol. The number of fused-ring (bicyclic) bond motifs is 1. The summed E-state index contributed by atoms with van der Waals surface area (Å²) in [6.45, 7) is 5.42. The monoisotopic (exact) mass is 449 g/mol. The van der Waals surface area contributed by atoms with Crippen LogP contribution in [-0.2, 0) is 14.9 Å². The van der Waals surface area contributed by atoms with Crippen LogP contribution in [0.1, 0.15) is 27.2 Å². The predicted molar refractivity (Wildman–Crippen MR) is 118 cm³/mol. The van der Waals surface area contributed by atoms with E-state index in [0.29, 0.717) is 34.0 Å². The molecule has 0 atom stereocenters. The first-order valence-electron chi connectivity index (χ1n) is 9.27. The molecule has 0 aliphatic heterocycles. The first-order chi connectivity index (χ1) is 14.1. The van der Waals surface area contributed by atoms with E-state index < -0.39 is 15.7 Å².